The molecule has 1 unspecified atom stereocenters. The summed E-state index contributed by atoms with van der Waals surface area (Å²) in [5.41, 5.74) is 3.95. The molecule has 1 nitrogen and oxygen atoms in total. The quantitative estimate of drug-likeness (QED) is 0.703. The van der Waals surface area contributed by atoms with Crippen molar-refractivity contribution in [1.82, 2.24) is 5.32 Å². The number of aryl methyl sites for hydroxylation is 1. The molecule has 0 saturated carbocycles. The molecule has 0 aliphatic carbocycles. The van der Waals surface area contributed by atoms with Gasteiger partial charge in [-0.05, 0) is 29.5 Å². The summed E-state index contributed by atoms with van der Waals surface area (Å²) in [6.07, 6.45) is 0. The number of hydrogen-bond acceptors (Lipinski definition) is 2. The molecule has 0 bridgehead atoms. The van der Waals surface area contributed by atoms with E-state index in [0.29, 0.717) is 0 Å². The zero-order chi connectivity index (χ0) is 14.5. The molecule has 21 heavy (non-hydrogen) atoms. The lowest BCUT2D eigenvalue weighted by Crippen LogP contribution is -2.21. The number of benzene rings is 2. The number of rotatable bonds is 5. The maximum absolute atomic E-state index is 3.69. The maximum Gasteiger partial charge on any atom is 0.0673 e. The van der Waals surface area contributed by atoms with Gasteiger partial charge in [-0.25, -0.2) is 0 Å². The second kappa shape index (κ2) is 6.70. The Morgan fingerprint density at radius 2 is 1.81 bits per heavy atom. The van der Waals surface area contributed by atoms with Gasteiger partial charge in [-0.3, -0.25) is 0 Å². The Balaban J connectivity index is 1.80. The van der Waals surface area contributed by atoms with E-state index in [4.69, 9.17) is 0 Å². The average molecular weight is 293 g/mol. The lowest BCUT2D eigenvalue weighted by atomic mass is 10.0. The van der Waals surface area contributed by atoms with E-state index in [9.17, 15) is 0 Å². The highest BCUT2D eigenvalue weighted by atomic mass is 32.1. The third kappa shape index (κ3) is 3.60. The van der Waals surface area contributed by atoms with Crippen molar-refractivity contribution in [2.45, 2.75) is 19.5 Å². The first-order chi connectivity index (χ1) is 10.3. The molecule has 1 heterocycles. The molecule has 2 heteroatoms. The molecule has 0 saturated heterocycles. The molecule has 0 aliphatic heterocycles. The Morgan fingerprint density at radius 3 is 2.52 bits per heavy atom. The van der Waals surface area contributed by atoms with E-state index >= 15 is 0 Å². The molecule has 106 valence electrons. The van der Waals surface area contributed by atoms with Gasteiger partial charge in [-0.1, -0.05) is 66.2 Å². The SMILES string of the molecule is Cc1cccc(CNC(c2ccccc2)c2cccs2)c1. The van der Waals surface area contributed by atoms with Crippen LogP contribution in [0.15, 0.2) is 72.1 Å². The summed E-state index contributed by atoms with van der Waals surface area (Å²) in [4.78, 5) is 1.36. The number of thiophene rings is 1. The molecular weight excluding hydrogens is 274 g/mol. The monoisotopic (exact) mass is 293 g/mol. The molecular formula is C19H19NS. The molecule has 1 N–H and O–H groups in total. The Hall–Kier alpha value is -1.90. The predicted molar refractivity (Wildman–Crippen MR) is 90.6 cm³/mol. The van der Waals surface area contributed by atoms with Crippen LogP contribution in [0.1, 0.15) is 27.6 Å². The standard InChI is InChI=1S/C19H19NS/c1-15-7-5-8-16(13-15)14-20-19(18-11-6-12-21-18)17-9-3-2-4-10-17/h2-13,19-20H,14H2,1H3. The molecule has 3 aromatic rings. The fraction of sp³-hybridized carbons (Fsp3) is 0.158. The van der Waals surface area contributed by atoms with E-state index < -0.39 is 0 Å². The predicted octanol–water partition coefficient (Wildman–Crippen LogP) is 4.94. The third-order valence-corrected chi connectivity index (χ3v) is 4.49. The zero-order valence-electron chi connectivity index (χ0n) is 12.1. The lowest BCUT2D eigenvalue weighted by molar-refractivity contribution is 0.613. The molecule has 0 aliphatic rings. The van der Waals surface area contributed by atoms with Crippen LogP contribution in [0.4, 0.5) is 0 Å². The first-order valence-electron chi connectivity index (χ1n) is 7.20. The van der Waals surface area contributed by atoms with E-state index in [-0.39, 0.29) is 6.04 Å². The third-order valence-electron chi connectivity index (χ3n) is 3.55. The van der Waals surface area contributed by atoms with Crippen molar-refractivity contribution in [1.29, 1.82) is 0 Å². The summed E-state index contributed by atoms with van der Waals surface area (Å²) in [6, 6.07) is 23.9. The second-order valence-corrected chi connectivity index (χ2v) is 6.21. The molecule has 1 aromatic heterocycles. The first-order valence-corrected chi connectivity index (χ1v) is 8.08. The molecule has 0 spiro atoms. The maximum atomic E-state index is 3.69. The van der Waals surface area contributed by atoms with Gasteiger partial charge in [0.25, 0.3) is 0 Å². The second-order valence-electron chi connectivity index (χ2n) is 5.23. The van der Waals surface area contributed by atoms with Crippen LogP contribution in [-0.2, 0) is 6.54 Å². The van der Waals surface area contributed by atoms with Crippen molar-refractivity contribution in [3.05, 3.63) is 93.7 Å². The first kappa shape index (κ1) is 14.1. The van der Waals surface area contributed by atoms with Crippen LogP contribution in [-0.4, -0.2) is 0 Å². The molecule has 1 atom stereocenters. The van der Waals surface area contributed by atoms with Crippen LogP contribution in [0.3, 0.4) is 0 Å². The number of nitrogens with one attached hydrogen (secondary N) is 1. The fourth-order valence-electron chi connectivity index (χ4n) is 2.53. The summed E-state index contributed by atoms with van der Waals surface area (Å²) in [6.45, 7) is 3.01. The van der Waals surface area contributed by atoms with E-state index in [2.05, 4.69) is 84.4 Å². The van der Waals surface area contributed by atoms with Crippen molar-refractivity contribution in [3.63, 3.8) is 0 Å². The highest BCUT2D eigenvalue weighted by molar-refractivity contribution is 7.10. The summed E-state index contributed by atoms with van der Waals surface area (Å²) in [7, 11) is 0. The Labute approximate surface area is 130 Å². The van der Waals surface area contributed by atoms with Gasteiger partial charge in [0.1, 0.15) is 0 Å². The summed E-state index contributed by atoms with van der Waals surface area (Å²) >= 11 is 1.80. The van der Waals surface area contributed by atoms with Crippen molar-refractivity contribution in [3.8, 4) is 0 Å². The normalized spacial score (nSPS) is 12.2. The van der Waals surface area contributed by atoms with Gasteiger partial charge in [-0.15, -0.1) is 11.3 Å². The van der Waals surface area contributed by atoms with Crippen LogP contribution in [0.2, 0.25) is 0 Å². The van der Waals surface area contributed by atoms with Crippen LogP contribution in [0.5, 0.6) is 0 Å². The van der Waals surface area contributed by atoms with E-state index in [1.807, 2.05) is 0 Å². The minimum Gasteiger partial charge on any atom is -0.301 e. The summed E-state index contributed by atoms with van der Waals surface area (Å²) in [5.74, 6) is 0. The molecule has 0 fully saturated rings. The van der Waals surface area contributed by atoms with Gasteiger partial charge in [0.15, 0.2) is 0 Å². The topological polar surface area (TPSA) is 12.0 Å². The molecule has 3 rings (SSSR count). The van der Waals surface area contributed by atoms with Gasteiger partial charge in [0.05, 0.1) is 6.04 Å². The summed E-state index contributed by atoms with van der Waals surface area (Å²) < 4.78 is 0. The molecule has 0 amide bonds. The fourth-order valence-corrected chi connectivity index (χ4v) is 3.35. The van der Waals surface area contributed by atoms with Gasteiger partial charge < -0.3 is 5.32 Å². The highest BCUT2D eigenvalue weighted by Gasteiger charge is 2.14. The average Bonchev–Trinajstić information content (AvgIpc) is 3.03. The van der Waals surface area contributed by atoms with Crippen molar-refractivity contribution < 1.29 is 0 Å². The number of hydrogen-bond donors (Lipinski definition) is 1. The Kier molecular flexibility index (Phi) is 4.49. The van der Waals surface area contributed by atoms with Crippen LogP contribution in [0.25, 0.3) is 0 Å². The highest BCUT2D eigenvalue weighted by Crippen LogP contribution is 2.26. The van der Waals surface area contributed by atoms with Gasteiger partial charge in [-0.2, -0.15) is 0 Å². The van der Waals surface area contributed by atoms with Crippen molar-refractivity contribution >= 4 is 11.3 Å². The minimum atomic E-state index is 0.256. The minimum absolute atomic E-state index is 0.256. The Bertz CT molecular complexity index is 674. The zero-order valence-corrected chi connectivity index (χ0v) is 12.9. The van der Waals surface area contributed by atoms with Gasteiger partial charge in [0, 0.05) is 11.4 Å². The molecule has 0 radical (unpaired) electrons. The lowest BCUT2D eigenvalue weighted by Gasteiger charge is -2.18. The molecule has 2 aromatic carbocycles. The van der Waals surface area contributed by atoms with Crippen LogP contribution in [0, 0.1) is 6.92 Å². The largest absolute Gasteiger partial charge is 0.301 e. The van der Waals surface area contributed by atoms with Gasteiger partial charge >= 0.3 is 0 Å². The van der Waals surface area contributed by atoms with E-state index in [1.54, 1.807) is 11.3 Å². The van der Waals surface area contributed by atoms with Crippen molar-refractivity contribution in [2.24, 2.45) is 0 Å². The smallest absolute Gasteiger partial charge is 0.0673 e. The van der Waals surface area contributed by atoms with Crippen LogP contribution >= 0.6 is 11.3 Å². The van der Waals surface area contributed by atoms with Crippen LogP contribution < -0.4 is 5.32 Å². The van der Waals surface area contributed by atoms with E-state index in [0.717, 1.165) is 6.54 Å². The van der Waals surface area contributed by atoms with Gasteiger partial charge in [0.2, 0.25) is 0 Å². The van der Waals surface area contributed by atoms with E-state index in [1.165, 1.54) is 21.6 Å². The summed E-state index contributed by atoms with van der Waals surface area (Å²) in [5, 5.41) is 5.83. The van der Waals surface area contributed by atoms with Crippen molar-refractivity contribution in [2.75, 3.05) is 0 Å². The Morgan fingerprint density at radius 1 is 0.952 bits per heavy atom.